The lowest BCUT2D eigenvalue weighted by Gasteiger charge is -2.23. The van der Waals surface area contributed by atoms with Crippen molar-refractivity contribution in [1.29, 1.82) is 5.26 Å². The summed E-state index contributed by atoms with van der Waals surface area (Å²) in [6.45, 7) is -0.975. The zero-order valence-corrected chi connectivity index (χ0v) is 17.7. The summed E-state index contributed by atoms with van der Waals surface area (Å²) in [5.41, 5.74) is -1.39. The summed E-state index contributed by atoms with van der Waals surface area (Å²) < 4.78 is 79.8. The average Bonchev–Trinajstić information content (AvgIpc) is 3.23. The number of nitrogens with one attached hydrogen (secondary N) is 1. The Bertz CT molecular complexity index is 1210. The first-order chi connectivity index (χ1) is 15.5. The van der Waals surface area contributed by atoms with Crippen molar-refractivity contribution >= 4 is 21.7 Å². The van der Waals surface area contributed by atoms with Crippen molar-refractivity contribution in [2.75, 3.05) is 13.1 Å². The molecule has 2 aromatic rings. The van der Waals surface area contributed by atoms with Gasteiger partial charge in [0, 0.05) is 12.1 Å². The summed E-state index contributed by atoms with van der Waals surface area (Å²) >= 11 is 0. The lowest BCUT2D eigenvalue weighted by atomic mass is 10.1. The second-order valence-electron chi connectivity index (χ2n) is 7.25. The molecule has 0 aliphatic carbocycles. The van der Waals surface area contributed by atoms with Gasteiger partial charge in [-0.25, -0.2) is 12.8 Å². The highest BCUT2D eigenvalue weighted by molar-refractivity contribution is 7.92. The fourth-order valence-electron chi connectivity index (χ4n) is 3.63. The van der Waals surface area contributed by atoms with Gasteiger partial charge in [0.05, 0.1) is 21.8 Å². The second-order valence-corrected chi connectivity index (χ2v) is 9.45. The van der Waals surface area contributed by atoms with Gasteiger partial charge in [-0.2, -0.15) is 18.4 Å². The summed E-state index contributed by atoms with van der Waals surface area (Å²) in [7, 11) is -4.61. The van der Waals surface area contributed by atoms with E-state index >= 15 is 0 Å². The number of carbonyl (C=O) groups is 2. The SMILES string of the molecule is N#CCNC(=O)C1CC(S(=O)(=O)c2ccccc2C(F)(F)F)CN1C(=O)c1ccc(F)cc1. The number of alkyl halides is 3. The molecule has 7 nitrogen and oxygen atoms in total. The van der Waals surface area contributed by atoms with Gasteiger partial charge >= 0.3 is 6.18 Å². The molecule has 1 N–H and O–H groups in total. The predicted molar refractivity (Wildman–Crippen MR) is 107 cm³/mol. The Morgan fingerprint density at radius 2 is 1.76 bits per heavy atom. The molecule has 2 amide bonds. The monoisotopic (exact) mass is 483 g/mol. The third kappa shape index (κ3) is 4.98. The number of hydrogen-bond acceptors (Lipinski definition) is 5. The Balaban J connectivity index is 2.00. The number of sulfone groups is 1. The number of likely N-dealkylation sites (tertiary alicyclic amines) is 1. The van der Waals surface area contributed by atoms with Gasteiger partial charge in [-0.3, -0.25) is 9.59 Å². The minimum atomic E-state index is -4.94. The fourth-order valence-corrected chi connectivity index (χ4v) is 5.54. The second kappa shape index (κ2) is 9.19. The first-order valence-electron chi connectivity index (χ1n) is 9.58. The largest absolute Gasteiger partial charge is 0.417 e. The van der Waals surface area contributed by atoms with Crippen molar-refractivity contribution in [3.63, 3.8) is 0 Å². The Hall–Kier alpha value is -3.46. The smallest absolute Gasteiger partial charge is 0.341 e. The molecule has 3 rings (SSSR count). The van der Waals surface area contributed by atoms with Crippen LogP contribution in [-0.4, -0.2) is 49.5 Å². The van der Waals surface area contributed by atoms with Crippen LogP contribution in [0.25, 0.3) is 0 Å². The molecule has 0 radical (unpaired) electrons. The maximum atomic E-state index is 13.4. The highest BCUT2D eigenvalue weighted by Gasteiger charge is 2.47. The highest BCUT2D eigenvalue weighted by Crippen LogP contribution is 2.37. The van der Waals surface area contributed by atoms with Crippen LogP contribution in [0.5, 0.6) is 0 Å². The zero-order valence-electron chi connectivity index (χ0n) is 16.8. The molecule has 2 aromatic carbocycles. The number of amides is 2. The maximum absolute atomic E-state index is 13.4. The first kappa shape index (κ1) is 24.2. The lowest BCUT2D eigenvalue weighted by molar-refractivity contribution is -0.139. The maximum Gasteiger partial charge on any atom is 0.417 e. The van der Waals surface area contributed by atoms with Crippen LogP contribution in [-0.2, 0) is 20.8 Å². The van der Waals surface area contributed by atoms with Crippen molar-refractivity contribution in [1.82, 2.24) is 10.2 Å². The van der Waals surface area contributed by atoms with Gasteiger partial charge in [0.2, 0.25) is 5.91 Å². The Morgan fingerprint density at radius 1 is 1.12 bits per heavy atom. The van der Waals surface area contributed by atoms with E-state index in [1.165, 1.54) is 0 Å². The third-order valence-electron chi connectivity index (χ3n) is 5.20. The molecule has 1 heterocycles. The number of carbonyl (C=O) groups excluding carboxylic acids is 2. The summed E-state index contributed by atoms with van der Waals surface area (Å²) in [5.74, 6) is -2.25. The van der Waals surface area contributed by atoms with E-state index in [1.807, 2.05) is 0 Å². The molecule has 1 aliphatic rings. The zero-order chi connectivity index (χ0) is 24.4. The van der Waals surface area contributed by atoms with E-state index in [0.717, 1.165) is 47.4 Å². The van der Waals surface area contributed by atoms with Gasteiger partial charge in [-0.1, -0.05) is 12.1 Å². The van der Waals surface area contributed by atoms with Crippen molar-refractivity contribution in [2.45, 2.75) is 28.8 Å². The van der Waals surface area contributed by atoms with Crippen molar-refractivity contribution in [2.24, 2.45) is 0 Å². The fraction of sp³-hybridized carbons (Fsp3) is 0.286. The van der Waals surface area contributed by atoms with Crippen LogP contribution < -0.4 is 5.32 Å². The van der Waals surface area contributed by atoms with Crippen LogP contribution >= 0.6 is 0 Å². The molecule has 33 heavy (non-hydrogen) atoms. The van der Waals surface area contributed by atoms with Crippen LogP contribution in [0.4, 0.5) is 17.6 Å². The molecule has 12 heteroatoms. The Kier molecular flexibility index (Phi) is 6.73. The highest BCUT2D eigenvalue weighted by atomic mass is 32.2. The van der Waals surface area contributed by atoms with E-state index < -0.39 is 74.9 Å². The molecule has 1 saturated heterocycles. The number of rotatable bonds is 5. The van der Waals surface area contributed by atoms with Crippen LogP contribution in [0.2, 0.25) is 0 Å². The van der Waals surface area contributed by atoms with E-state index in [9.17, 15) is 35.6 Å². The van der Waals surface area contributed by atoms with E-state index in [0.29, 0.717) is 6.07 Å². The van der Waals surface area contributed by atoms with Crippen LogP contribution in [0, 0.1) is 17.1 Å². The van der Waals surface area contributed by atoms with E-state index in [-0.39, 0.29) is 5.56 Å². The van der Waals surface area contributed by atoms with Crippen molar-refractivity contribution in [3.05, 3.63) is 65.5 Å². The average molecular weight is 483 g/mol. The molecule has 1 aliphatic heterocycles. The normalized spacial score (nSPS) is 18.6. The molecular formula is C21H17F4N3O4S. The molecule has 1 fully saturated rings. The third-order valence-corrected chi connectivity index (χ3v) is 7.39. The minimum Gasteiger partial charge on any atom is -0.341 e. The molecule has 0 bridgehead atoms. The van der Waals surface area contributed by atoms with Gasteiger partial charge in [0.15, 0.2) is 9.84 Å². The van der Waals surface area contributed by atoms with Crippen molar-refractivity contribution < 1.29 is 35.6 Å². The predicted octanol–water partition coefficient (Wildman–Crippen LogP) is 2.54. The van der Waals surface area contributed by atoms with Gasteiger partial charge < -0.3 is 10.2 Å². The number of nitrogens with zero attached hydrogens (tertiary/aromatic N) is 2. The van der Waals surface area contributed by atoms with Gasteiger partial charge in [0.25, 0.3) is 5.91 Å². The molecule has 2 unspecified atom stereocenters. The van der Waals surface area contributed by atoms with Crippen LogP contribution in [0.1, 0.15) is 22.3 Å². The lowest BCUT2D eigenvalue weighted by Crippen LogP contribution is -2.46. The molecule has 0 saturated carbocycles. The number of hydrogen-bond donors (Lipinski definition) is 1. The van der Waals surface area contributed by atoms with E-state index in [4.69, 9.17) is 5.26 Å². The quantitative estimate of drug-likeness (QED) is 0.520. The van der Waals surface area contributed by atoms with Crippen molar-refractivity contribution in [3.8, 4) is 6.07 Å². The van der Waals surface area contributed by atoms with E-state index in [2.05, 4.69) is 5.32 Å². The summed E-state index contributed by atoms with van der Waals surface area (Å²) in [6.07, 6.45) is -5.41. The molecule has 174 valence electrons. The Morgan fingerprint density at radius 3 is 2.36 bits per heavy atom. The van der Waals surface area contributed by atoms with Crippen LogP contribution in [0.3, 0.4) is 0 Å². The number of nitriles is 1. The molecule has 0 aromatic heterocycles. The van der Waals surface area contributed by atoms with Gasteiger partial charge in [-0.05, 0) is 42.8 Å². The van der Waals surface area contributed by atoms with Gasteiger partial charge in [0.1, 0.15) is 18.4 Å². The van der Waals surface area contributed by atoms with Crippen LogP contribution in [0.15, 0.2) is 53.4 Å². The molecule has 2 atom stereocenters. The van der Waals surface area contributed by atoms with Gasteiger partial charge in [-0.15, -0.1) is 0 Å². The topological polar surface area (TPSA) is 107 Å². The standard InChI is InChI=1S/C21H17F4N3O4S/c22-14-7-5-13(6-8-14)20(30)28-12-15(11-17(28)19(29)27-10-9-26)33(31,32)18-4-2-1-3-16(18)21(23,24)25/h1-8,15,17H,10-12H2,(H,27,29). The summed E-state index contributed by atoms with van der Waals surface area (Å²) in [4.78, 5) is 25.5. The number of benzene rings is 2. The van der Waals surface area contributed by atoms with E-state index in [1.54, 1.807) is 6.07 Å². The molecule has 0 spiro atoms. The minimum absolute atomic E-state index is 0.0387. The number of halogens is 4. The Labute approximate surface area is 186 Å². The summed E-state index contributed by atoms with van der Waals surface area (Å²) in [6, 6.07) is 8.28. The summed E-state index contributed by atoms with van der Waals surface area (Å²) in [5, 5.41) is 9.42. The molecular weight excluding hydrogens is 466 g/mol. The first-order valence-corrected chi connectivity index (χ1v) is 11.1.